The molecule has 2 heterocycles. The predicted octanol–water partition coefficient (Wildman–Crippen LogP) is 4.12. The van der Waals surface area contributed by atoms with Gasteiger partial charge < -0.3 is 9.47 Å². The van der Waals surface area contributed by atoms with Crippen molar-refractivity contribution in [2.24, 2.45) is 0 Å². The molecule has 170 valence electrons. The van der Waals surface area contributed by atoms with Crippen molar-refractivity contribution in [2.75, 3.05) is 14.2 Å². The summed E-state index contributed by atoms with van der Waals surface area (Å²) in [7, 11) is 2.46. The number of esters is 2. The molecule has 0 spiro atoms. The number of benzene rings is 2. The molecule has 34 heavy (non-hydrogen) atoms. The van der Waals surface area contributed by atoms with Crippen LogP contribution < -0.4 is 0 Å². The molecule has 0 saturated carbocycles. The smallest absolute Gasteiger partial charge is 0.359 e. The zero-order valence-electron chi connectivity index (χ0n) is 18.2. The molecule has 0 saturated heterocycles. The van der Waals surface area contributed by atoms with Gasteiger partial charge >= 0.3 is 11.9 Å². The summed E-state index contributed by atoms with van der Waals surface area (Å²) in [6.07, 6.45) is 3.26. The molecule has 0 aliphatic carbocycles. The minimum atomic E-state index is -0.700. The van der Waals surface area contributed by atoms with Crippen LogP contribution in [0.1, 0.15) is 32.2 Å². The fraction of sp³-hybridized carbons (Fsp3) is 0.0833. The zero-order chi connectivity index (χ0) is 24.1. The van der Waals surface area contributed by atoms with Gasteiger partial charge in [-0.3, -0.25) is 0 Å². The fourth-order valence-electron chi connectivity index (χ4n) is 3.08. The maximum Gasteiger partial charge on any atom is 0.359 e. The maximum atomic E-state index is 12.2. The van der Waals surface area contributed by atoms with E-state index in [1.165, 1.54) is 25.1 Å². The van der Waals surface area contributed by atoms with E-state index in [4.69, 9.17) is 21.1 Å². The van der Waals surface area contributed by atoms with E-state index in [-0.39, 0.29) is 11.4 Å². The van der Waals surface area contributed by atoms with Crippen LogP contribution in [0, 0.1) is 0 Å². The van der Waals surface area contributed by atoms with E-state index in [9.17, 15) is 9.59 Å². The first-order valence-corrected chi connectivity index (χ1v) is 10.4. The Hall–Kier alpha value is -4.37. The Morgan fingerprint density at radius 3 is 2.26 bits per heavy atom. The number of methoxy groups -OCH3 is 2. The number of hydrogen-bond acceptors (Lipinski definition) is 8. The second-order valence-corrected chi connectivity index (χ2v) is 7.35. The van der Waals surface area contributed by atoms with Gasteiger partial charge in [-0.2, -0.15) is 4.80 Å². The third-order valence-corrected chi connectivity index (χ3v) is 5.01. The van der Waals surface area contributed by atoms with E-state index in [1.54, 1.807) is 24.3 Å². The van der Waals surface area contributed by atoms with Crippen molar-refractivity contribution in [2.45, 2.75) is 0 Å². The zero-order valence-corrected chi connectivity index (χ0v) is 18.9. The second-order valence-electron chi connectivity index (χ2n) is 6.92. The molecule has 4 aromatic rings. The molecule has 2 aromatic carbocycles. The summed E-state index contributed by atoms with van der Waals surface area (Å²) in [6.45, 7) is 0. The first kappa shape index (κ1) is 22.8. The number of rotatable bonds is 6. The molecular weight excluding hydrogens is 458 g/mol. The van der Waals surface area contributed by atoms with Gasteiger partial charge in [0, 0.05) is 16.1 Å². The highest BCUT2D eigenvalue weighted by molar-refractivity contribution is 6.30. The molecule has 0 N–H and O–H groups in total. The molecule has 4 rings (SSSR count). The predicted molar refractivity (Wildman–Crippen MR) is 125 cm³/mol. The van der Waals surface area contributed by atoms with Crippen LogP contribution >= 0.6 is 11.6 Å². The maximum absolute atomic E-state index is 12.2. The molecule has 0 unspecified atom stereocenters. The van der Waals surface area contributed by atoms with Crippen LogP contribution in [0.2, 0.25) is 5.02 Å². The minimum Gasteiger partial charge on any atom is -0.464 e. The standard InChI is InChI=1S/C24H18ClN5O4/c1-33-23(31)20-14-16(22(27-26-20)24(32)34-2)10-13-19-21(15-8-11-17(25)12-9-15)29-30(28-19)18-6-4-3-5-7-18/h3-14H,1-2H3/b13-10+. The molecule has 0 aliphatic heterocycles. The third-order valence-electron chi connectivity index (χ3n) is 4.76. The summed E-state index contributed by atoms with van der Waals surface area (Å²) in [4.78, 5) is 25.6. The van der Waals surface area contributed by atoms with Crippen molar-refractivity contribution in [1.82, 2.24) is 25.2 Å². The number of ether oxygens (including phenoxy) is 2. The largest absolute Gasteiger partial charge is 0.464 e. The number of aromatic nitrogens is 5. The van der Waals surface area contributed by atoms with Crippen molar-refractivity contribution < 1.29 is 19.1 Å². The van der Waals surface area contributed by atoms with Crippen LogP contribution in [0.4, 0.5) is 0 Å². The van der Waals surface area contributed by atoms with E-state index < -0.39 is 11.9 Å². The Kier molecular flexibility index (Phi) is 6.74. The Labute approximate surface area is 199 Å². The van der Waals surface area contributed by atoms with Gasteiger partial charge in [-0.15, -0.1) is 20.4 Å². The molecule has 0 atom stereocenters. The summed E-state index contributed by atoms with van der Waals surface area (Å²) in [6, 6.07) is 18.0. The number of halogens is 1. The molecule has 0 fully saturated rings. The van der Waals surface area contributed by atoms with Gasteiger partial charge in [-0.1, -0.05) is 48.0 Å². The van der Waals surface area contributed by atoms with Crippen LogP contribution in [-0.4, -0.2) is 51.3 Å². The molecule has 9 nitrogen and oxygen atoms in total. The normalized spacial score (nSPS) is 10.9. The Morgan fingerprint density at radius 2 is 1.59 bits per heavy atom. The van der Waals surface area contributed by atoms with E-state index >= 15 is 0 Å². The van der Waals surface area contributed by atoms with Crippen LogP contribution in [0.25, 0.3) is 29.1 Å². The first-order valence-electron chi connectivity index (χ1n) is 10.0. The Bertz CT molecular complexity index is 1370. The highest BCUT2D eigenvalue weighted by Gasteiger charge is 2.18. The van der Waals surface area contributed by atoms with E-state index in [2.05, 4.69) is 20.4 Å². The van der Waals surface area contributed by atoms with Crippen LogP contribution in [-0.2, 0) is 9.47 Å². The van der Waals surface area contributed by atoms with E-state index in [1.807, 2.05) is 42.5 Å². The van der Waals surface area contributed by atoms with Gasteiger partial charge in [0.15, 0.2) is 11.4 Å². The number of hydrogen-bond donors (Lipinski definition) is 0. The lowest BCUT2D eigenvalue weighted by Crippen LogP contribution is -2.13. The number of para-hydroxylation sites is 1. The fourth-order valence-corrected chi connectivity index (χ4v) is 3.21. The van der Waals surface area contributed by atoms with Crippen molar-refractivity contribution >= 4 is 35.7 Å². The molecule has 10 heteroatoms. The van der Waals surface area contributed by atoms with Gasteiger partial charge in [-0.25, -0.2) is 9.59 Å². The van der Waals surface area contributed by atoms with Crippen molar-refractivity contribution in [3.63, 3.8) is 0 Å². The van der Waals surface area contributed by atoms with Crippen molar-refractivity contribution in [3.05, 3.63) is 88.3 Å². The van der Waals surface area contributed by atoms with E-state index in [0.717, 1.165) is 11.3 Å². The molecular formula is C24H18ClN5O4. The van der Waals surface area contributed by atoms with Gasteiger partial charge in [0.05, 0.1) is 19.9 Å². The summed E-state index contributed by atoms with van der Waals surface area (Å²) >= 11 is 6.04. The Morgan fingerprint density at radius 1 is 0.882 bits per heavy atom. The molecule has 0 bridgehead atoms. The molecule has 0 radical (unpaired) electrons. The minimum absolute atomic E-state index is 0.0549. The van der Waals surface area contributed by atoms with Gasteiger partial charge in [-0.05, 0) is 36.4 Å². The van der Waals surface area contributed by atoms with Gasteiger partial charge in [0.25, 0.3) is 0 Å². The first-order chi connectivity index (χ1) is 16.5. The van der Waals surface area contributed by atoms with Crippen LogP contribution in [0.15, 0.2) is 60.7 Å². The number of carbonyl (C=O) groups is 2. The summed E-state index contributed by atoms with van der Waals surface area (Å²) in [5.41, 5.74) is 2.85. The van der Waals surface area contributed by atoms with Gasteiger partial charge in [0.1, 0.15) is 11.4 Å². The van der Waals surface area contributed by atoms with Crippen LogP contribution in [0.3, 0.4) is 0 Å². The molecule has 2 aromatic heterocycles. The lowest BCUT2D eigenvalue weighted by Gasteiger charge is -2.04. The molecule has 0 amide bonds. The summed E-state index contributed by atoms with van der Waals surface area (Å²) in [5, 5.41) is 17.4. The van der Waals surface area contributed by atoms with Crippen LogP contribution in [0.5, 0.6) is 0 Å². The monoisotopic (exact) mass is 475 g/mol. The average Bonchev–Trinajstić information content (AvgIpc) is 3.31. The lowest BCUT2D eigenvalue weighted by molar-refractivity contribution is 0.0573. The highest BCUT2D eigenvalue weighted by Crippen LogP contribution is 2.25. The third kappa shape index (κ3) is 4.84. The highest BCUT2D eigenvalue weighted by atomic mass is 35.5. The van der Waals surface area contributed by atoms with Crippen molar-refractivity contribution in [1.29, 1.82) is 0 Å². The van der Waals surface area contributed by atoms with Gasteiger partial charge in [0.2, 0.25) is 0 Å². The summed E-state index contributed by atoms with van der Waals surface area (Å²) in [5.74, 6) is -1.38. The second kappa shape index (κ2) is 10.1. The average molecular weight is 476 g/mol. The Balaban J connectivity index is 1.82. The quantitative estimate of drug-likeness (QED) is 0.383. The summed E-state index contributed by atoms with van der Waals surface area (Å²) < 4.78 is 9.49. The SMILES string of the molecule is COC(=O)c1cc(/C=C/c2nn(-c3ccccc3)nc2-c2ccc(Cl)cc2)c(C(=O)OC)nn1. The number of carbonyl (C=O) groups excluding carboxylic acids is 2. The van der Waals surface area contributed by atoms with Crippen molar-refractivity contribution in [3.8, 4) is 16.9 Å². The number of nitrogens with zero attached hydrogens (tertiary/aromatic N) is 5. The van der Waals surface area contributed by atoms with E-state index in [0.29, 0.717) is 22.0 Å². The topological polar surface area (TPSA) is 109 Å². The lowest BCUT2D eigenvalue weighted by atomic mass is 10.1. The molecule has 0 aliphatic rings.